The summed E-state index contributed by atoms with van der Waals surface area (Å²) in [6.45, 7) is 3.89. The molecule has 0 unspecified atom stereocenters. The molecule has 1 heterocycles. The van der Waals surface area contributed by atoms with Crippen LogP contribution in [-0.2, 0) is 4.79 Å². The van der Waals surface area contributed by atoms with Gasteiger partial charge in [0.05, 0.1) is 23.4 Å². The van der Waals surface area contributed by atoms with E-state index >= 15 is 0 Å². The third-order valence-corrected chi connectivity index (χ3v) is 6.04. The first-order chi connectivity index (χ1) is 18.0. The topological polar surface area (TPSA) is 84.0 Å². The highest BCUT2D eigenvalue weighted by Crippen LogP contribution is 2.28. The Morgan fingerprint density at radius 1 is 0.757 bits per heavy atom. The summed E-state index contributed by atoms with van der Waals surface area (Å²) in [4.78, 5) is 35.4. The minimum atomic E-state index is -0.306. The lowest BCUT2D eigenvalue weighted by Crippen LogP contribution is -2.24. The number of carbonyl (C=O) groups is 2. The number of nitrogens with zero attached hydrogens (tertiary/aromatic N) is 2. The van der Waals surface area contributed by atoms with Crippen molar-refractivity contribution >= 4 is 34.2 Å². The first-order valence-corrected chi connectivity index (χ1v) is 12.1. The molecule has 1 amide bonds. The second-order valence-corrected chi connectivity index (χ2v) is 8.93. The molecule has 6 heteroatoms. The van der Waals surface area contributed by atoms with Gasteiger partial charge in [-0.2, -0.15) is 0 Å². The molecular formula is C31H26N4O2. The van der Waals surface area contributed by atoms with Crippen LogP contribution in [0.4, 0.5) is 11.6 Å². The van der Waals surface area contributed by atoms with Gasteiger partial charge in [-0.25, -0.2) is 9.97 Å². The Labute approximate surface area is 215 Å². The normalized spacial score (nSPS) is 10.8. The molecule has 5 rings (SSSR count). The molecule has 6 nitrogen and oxygen atoms in total. The first-order valence-electron chi connectivity index (χ1n) is 12.1. The van der Waals surface area contributed by atoms with E-state index in [1.54, 1.807) is 24.3 Å². The predicted octanol–water partition coefficient (Wildman–Crippen LogP) is 6.20. The number of hydrogen-bond acceptors (Lipinski definition) is 5. The quantitative estimate of drug-likeness (QED) is 0.268. The number of hydrogen-bond donors (Lipinski definition) is 2. The van der Waals surface area contributed by atoms with Crippen LogP contribution in [0.5, 0.6) is 0 Å². The molecule has 0 saturated carbocycles. The van der Waals surface area contributed by atoms with Crippen molar-refractivity contribution in [3.8, 4) is 11.3 Å². The largest absolute Gasteiger partial charge is 0.345 e. The molecule has 0 saturated heterocycles. The average Bonchev–Trinajstić information content (AvgIpc) is 2.93. The standard InChI is InChI=1S/C31H26N4O2/c1-20-13-15-26-24(17-20)29(22-9-5-3-6-10-22)35-31(34-26)32-19-28(36)33-27-16-14-21(2)18-25(27)30(37)23-11-7-4-8-12-23/h3-18H,19H2,1-2H3,(H,33,36)(H,32,34,35). The van der Waals surface area contributed by atoms with Gasteiger partial charge in [0.15, 0.2) is 5.78 Å². The van der Waals surface area contributed by atoms with Gasteiger partial charge in [0.25, 0.3) is 0 Å². The second-order valence-electron chi connectivity index (χ2n) is 8.93. The number of aromatic nitrogens is 2. The summed E-state index contributed by atoms with van der Waals surface area (Å²) in [6, 6.07) is 30.4. The molecule has 182 valence electrons. The zero-order valence-electron chi connectivity index (χ0n) is 20.7. The molecule has 1 aromatic heterocycles. The van der Waals surface area contributed by atoms with E-state index < -0.39 is 0 Å². The van der Waals surface area contributed by atoms with E-state index in [4.69, 9.17) is 4.98 Å². The zero-order chi connectivity index (χ0) is 25.8. The number of ketones is 1. The maximum Gasteiger partial charge on any atom is 0.243 e. The molecule has 5 aromatic rings. The Hall–Kier alpha value is -4.84. The first kappa shape index (κ1) is 23.9. The summed E-state index contributed by atoms with van der Waals surface area (Å²) in [5.41, 5.74) is 6.08. The zero-order valence-corrected chi connectivity index (χ0v) is 20.7. The molecule has 4 aromatic carbocycles. The van der Waals surface area contributed by atoms with Crippen molar-refractivity contribution in [1.82, 2.24) is 9.97 Å². The minimum absolute atomic E-state index is 0.0571. The molecule has 0 atom stereocenters. The van der Waals surface area contributed by atoms with Gasteiger partial charge < -0.3 is 10.6 Å². The lowest BCUT2D eigenvalue weighted by Gasteiger charge is -2.13. The summed E-state index contributed by atoms with van der Waals surface area (Å²) < 4.78 is 0. The lowest BCUT2D eigenvalue weighted by atomic mass is 9.99. The van der Waals surface area contributed by atoms with Crippen molar-refractivity contribution in [1.29, 1.82) is 0 Å². The smallest absolute Gasteiger partial charge is 0.243 e. The van der Waals surface area contributed by atoms with Crippen molar-refractivity contribution in [2.24, 2.45) is 0 Å². The summed E-state index contributed by atoms with van der Waals surface area (Å²) in [6.07, 6.45) is 0. The van der Waals surface area contributed by atoms with Gasteiger partial charge >= 0.3 is 0 Å². The van der Waals surface area contributed by atoms with Crippen molar-refractivity contribution in [3.63, 3.8) is 0 Å². The van der Waals surface area contributed by atoms with E-state index in [0.717, 1.165) is 33.3 Å². The maximum absolute atomic E-state index is 13.1. The van der Waals surface area contributed by atoms with E-state index in [2.05, 4.69) is 21.7 Å². The molecule has 0 aliphatic carbocycles. The van der Waals surface area contributed by atoms with Crippen LogP contribution in [0.2, 0.25) is 0 Å². The summed E-state index contributed by atoms with van der Waals surface area (Å²) in [5.74, 6) is -0.0945. The SMILES string of the molecule is Cc1ccc(NC(=O)CNc2nc(-c3ccccc3)c3cc(C)ccc3n2)c(C(=O)c2ccccc2)c1. The van der Waals surface area contributed by atoms with Crippen LogP contribution in [0.1, 0.15) is 27.0 Å². The third-order valence-electron chi connectivity index (χ3n) is 6.04. The lowest BCUT2D eigenvalue weighted by molar-refractivity contribution is -0.114. The van der Waals surface area contributed by atoms with Crippen molar-refractivity contribution in [3.05, 3.63) is 119 Å². The van der Waals surface area contributed by atoms with Crippen molar-refractivity contribution in [2.45, 2.75) is 13.8 Å². The Bertz CT molecular complexity index is 1600. The number of aryl methyl sites for hydroxylation is 2. The molecule has 0 fully saturated rings. The van der Waals surface area contributed by atoms with E-state index in [-0.39, 0.29) is 18.2 Å². The Kier molecular flexibility index (Phi) is 6.72. The van der Waals surface area contributed by atoms with Crippen LogP contribution in [0.3, 0.4) is 0 Å². The average molecular weight is 487 g/mol. The van der Waals surface area contributed by atoms with Crippen LogP contribution in [-0.4, -0.2) is 28.2 Å². The molecule has 0 bridgehead atoms. The van der Waals surface area contributed by atoms with Crippen LogP contribution in [0.15, 0.2) is 97.1 Å². The summed E-state index contributed by atoms with van der Waals surface area (Å²) in [7, 11) is 0. The Balaban J connectivity index is 1.38. The fourth-order valence-electron chi connectivity index (χ4n) is 4.19. The summed E-state index contributed by atoms with van der Waals surface area (Å²) >= 11 is 0. The van der Waals surface area contributed by atoms with Gasteiger partial charge in [-0.3, -0.25) is 9.59 Å². The molecule has 0 spiro atoms. The van der Waals surface area contributed by atoms with Gasteiger partial charge in [-0.15, -0.1) is 0 Å². The van der Waals surface area contributed by atoms with Gasteiger partial charge in [0, 0.05) is 22.1 Å². The van der Waals surface area contributed by atoms with E-state index in [9.17, 15) is 9.59 Å². The van der Waals surface area contributed by atoms with E-state index in [0.29, 0.717) is 22.8 Å². The number of benzene rings is 4. The molecule has 37 heavy (non-hydrogen) atoms. The van der Waals surface area contributed by atoms with Gasteiger partial charge in [-0.1, -0.05) is 83.9 Å². The fraction of sp³-hybridized carbons (Fsp3) is 0.0968. The van der Waals surface area contributed by atoms with Gasteiger partial charge in [-0.05, 0) is 38.1 Å². The molecule has 0 aliphatic rings. The molecule has 0 radical (unpaired) electrons. The minimum Gasteiger partial charge on any atom is -0.345 e. The fourth-order valence-corrected chi connectivity index (χ4v) is 4.19. The van der Waals surface area contributed by atoms with E-state index in [1.807, 2.05) is 80.6 Å². The van der Waals surface area contributed by atoms with E-state index in [1.165, 1.54) is 0 Å². The number of amides is 1. The highest BCUT2D eigenvalue weighted by Gasteiger charge is 2.16. The van der Waals surface area contributed by atoms with Crippen LogP contribution in [0, 0.1) is 13.8 Å². The molecule has 0 aliphatic heterocycles. The monoisotopic (exact) mass is 486 g/mol. The number of fused-ring (bicyclic) bond motifs is 1. The predicted molar refractivity (Wildman–Crippen MR) is 148 cm³/mol. The molecule has 2 N–H and O–H groups in total. The number of nitrogens with one attached hydrogen (secondary N) is 2. The highest BCUT2D eigenvalue weighted by molar-refractivity contribution is 6.14. The van der Waals surface area contributed by atoms with Crippen LogP contribution >= 0.6 is 0 Å². The number of rotatable bonds is 7. The number of carbonyl (C=O) groups excluding carboxylic acids is 2. The Morgan fingerprint density at radius 3 is 2.19 bits per heavy atom. The Morgan fingerprint density at radius 2 is 1.43 bits per heavy atom. The third kappa shape index (κ3) is 5.38. The number of anilines is 2. The van der Waals surface area contributed by atoms with Gasteiger partial charge in [0.2, 0.25) is 11.9 Å². The maximum atomic E-state index is 13.1. The highest BCUT2D eigenvalue weighted by atomic mass is 16.2. The van der Waals surface area contributed by atoms with Crippen LogP contribution < -0.4 is 10.6 Å². The van der Waals surface area contributed by atoms with Crippen molar-refractivity contribution in [2.75, 3.05) is 17.2 Å². The molecular weight excluding hydrogens is 460 g/mol. The summed E-state index contributed by atoms with van der Waals surface area (Å²) in [5, 5.41) is 6.87. The van der Waals surface area contributed by atoms with Crippen LogP contribution in [0.25, 0.3) is 22.2 Å². The van der Waals surface area contributed by atoms with Crippen molar-refractivity contribution < 1.29 is 9.59 Å². The second kappa shape index (κ2) is 10.4. The van der Waals surface area contributed by atoms with Gasteiger partial charge in [0.1, 0.15) is 0 Å².